The zero-order chi connectivity index (χ0) is 15.9. The highest BCUT2D eigenvalue weighted by atomic mass is 19.2. The van der Waals surface area contributed by atoms with Crippen LogP contribution in [0.15, 0.2) is 23.0 Å². The maximum atomic E-state index is 13.4. The Morgan fingerprint density at radius 3 is 2.59 bits per heavy atom. The van der Waals surface area contributed by atoms with Crippen molar-refractivity contribution >= 4 is 0 Å². The van der Waals surface area contributed by atoms with Crippen LogP contribution in [-0.2, 0) is 6.42 Å². The van der Waals surface area contributed by atoms with Crippen molar-refractivity contribution in [3.05, 3.63) is 63.1 Å². The van der Waals surface area contributed by atoms with Crippen molar-refractivity contribution in [2.45, 2.75) is 20.3 Å². The third kappa shape index (κ3) is 2.43. The first-order chi connectivity index (χ1) is 10.5. The molecule has 0 bridgehead atoms. The van der Waals surface area contributed by atoms with Gasteiger partial charge in [0.05, 0.1) is 5.69 Å². The molecule has 0 atom stereocenters. The summed E-state index contributed by atoms with van der Waals surface area (Å²) in [6.45, 7) is 3.45. The number of aromatic amines is 2. The number of benzene rings is 1. The minimum atomic E-state index is -0.965. The molecule has 22 heavy (non-hydrogen) atoms. The fraction of sp³-hybridized carbons (Fsp3) is 0.214. The molecule has 0 saturated carbocycles. The first kappa shape index (κ1) is 14.2. The number of hydrogen-bond donors (Lipinski definition) is 2. The third-order valence-electron chi connectivity index (χ3n) is 3.35. The highest BCUT2D eigenvalue weighted by Crippen LogP contribution is 2.16. The summed E-state index contributed by atoms with van der Waals surface area (Å²) < 4.78 is 27.9. The average Bonchev–Trinajstić information content (AvgIpc) is 2.99. The number of aromatic nitrogens is 5. The summed E-state index contributed by atoms with van der Waals surface area (Å²) in [6.07, 6.45) is 0.227. The summed E-state index contributed by atoms with van der Waals surface area (Å²) in [6, 6.07) is 3.48. The molecule has 2 N–H and O–H groups in total. The molecular weight excluding hydrogens is 292 g/mol. The molecule has 2 aromatic heterocycles. The molecule has 0 fully saturated rings. The van der Waals surface area contributed by atoms with Crippen LogP contribution in [0.2, 0.25) is 0 Å². The number of nitrogens with one attached hydrogen (secondary N) is 2. The van der Waals surface area contributed by atoms with E-state index >= 15 is 0 Å². The molecule has 1 aromatic carbocycles. The lowest BCUT2D eigenvalue weighted by molar-refractivity contribution is 0.507. The van der Waals surface area contributed by atoms with Crippen molar-refractivity contribution in [2.24, 2.45) is 0 Å². The van der Waals surface area contributed by atoms with Crippen molar-refractivity contribution in [3.63, 3.8) is 0 Å². The van der Waals surface area contributed by atoms with Gasteiger partial charge in [-0.15, -0.1) is 0 Å². The molecule has 2 heterocycles. The molecule has 8 heteroatoms. The predicted molar refractivity (Wildman–Crippen MR) is 75.0 cm³/mol. The molecule has 0 spiro atoms. The van der Waals surface area contributed by atoms with Crippen molar-refractivity contribution in [1.29, 1.82) is 0 Å². The molecule has 0 aliphatic carbocycles. The van der Waals surface area contributed by atoms with E-state index in [9.17, 15) is 13.6 Å². The number of aryl methyl sites for hydroxylation is 2. The lowest BCUT2D eigenvalue weighted by Crippen LogP contribution is -2.11. The summed E-state index contributed by atoms with van der Waals surface area (Å²) in [5, 5.41) is 9.41. The summed E-state index contributed by atoms with van der Waals surface area (Å²) in [7, 11) is 0. The van der Waals surface area contributed by atoms with E-state index in [0.29, 0.717) is 28.6 Å². The average molecular weight is 305 g/mol. The van der Waals surface area contributed by atoms with Crippen molar-refractivity contribution in [2.75, 3.05) is 0 Å². The van der Waals surface area contributed by atoms with Gasteiger partial charge in [0.15, 0.2) is 11.6 Å². The van der Waals surface area contributed by atoms with Crippen LogP contribution in [0.3, 0.4) is 0 Å². The number of rotatable bonds is 3. The molecule has 0 saturated heterocycles. The van der Waals surface area contributed by atoms with Gasteiger partial charge in [-0.1, -0.05) is 0 Å². The Labute approximate surface area is 123 Å². The maximum absolute atomic E-state index is 13.4. The molecule has 0 radical (unpaired) electrons. The van der Waals surface area contributed by atoms with E-state index in [1.165, 1.54) is 10.7 Å². The summed E-state index contributed by atoms with van der Waals surface area (Å²) in [5.74, 6) is -0.951. The number of halogens is 2. The van der Waals surface area contributed by atoms with Crippen LogP contribution in [0.4, 0.5) is 8.78 Å². The van der Waals surface area contributed by atoms with Gasteiger partial charge in [-0.25, -0.2) is 18.4 Å². The molecule has 0 aliphatic heterocycles. The second-order valence-corrected chi connectivity index (χ2v) is 4.94. The van der Waals surface area contributed by atoms with Crippen LogP contribution in [-0.4, -0.2) is 25.0 Å². The first-order valence-corrected chi connectivity index (χ1v) is 6.60. The van der Waals surface area contributed by atoms with Crippen LogP contribution < -0.4 is 5.56 Å². The zero-order valence-electron chi connectivity index (χ0n) is 11.9. The topological polar surface area (TPSA) is 79.4 Å². The fourth-order valence-corrected chi connectivity index (χ4v) is 2.24. The van der Waals surface area contributed by atoms with Crippen molar-refractivity contribution < 1.29 is 8.78 Å². The molecule has 6 nitrogen and oxygen atoms in total. The van der Waals surface area contributed by atoms with Crippen LogP contribution in [0.1, 0.15) is 22.9 Å². The highest BCUT2D eigenvalue weighted by molar-refractivity contribution is 5.34. The zero-order valence-corrected chi connectivity index (χ0v) is 11.9. The Kier molecular flexibility index (Phi) is 3.36. The molecule has 0 amide bonds. The number of nitrogens with zero attached hydrogens (tertiary/aromatic N) is 3. The maximum Gasteiger partial charge on any atom is 0.267 e. The third-order valence-corrected chi connectivity index (χ3v) is 3.35. The quantitative estimate of drug-likeness (QED) is 0.774. The second-order valence-electron chi connectivity index (χ2n) is 4.94. The molecule has 0 unspecified atom stereocenters. The monoisotopic (exact) mass is 305 g/mol. The lowest BCUT2D eigenvalue weighted by atomic mass is 10.2. The van der Waals surface area contributed by atoms with Gasteiger partial charge in [0.2, 0.25) is 0 Å². The van der Waals surface area contributed by atoms with Gasteiger partial charge in [-0.3, -0.25) is 9.89 Å². The van der Waals surface area contributed by atoms with E-state index in [2.05, 4.69) is 20.3 Å². The number of H-pyrrole nitrogens is 2. The van der Waals surface area contributed by atoms with Gasteiger partial charge in [-0.05, 0) is 26.0 Å². The lowest BCUT2D eigenvalue weighted by Gasteiger charge is -2.06. The van der Waals surface area contributed by atoms with Crippen LogP contribution in [0.5, 0.6) is 0 Å². The second kappa shape index (κ2) is 5.21. The smallest absolute Gasteiger partial charge is 0.267 e. The summed E-state index contributed by atoms with van der Waals surface area (Å²) in [4.78, 5) is 16.0. The molecule has 0 aliphatic rings. The molecular formula is C14H13F2N5O. The largest absolute Gasteiger partial charge is 0.302 e. The van der Waals surface area contributed by atoms with E-state index in [1.807, 2.05) is 0 Å². The molecule has 3 rings (SSSR count). The van der Waals surface area contributed by atoms with Gasteiger partial charge >= 0.3 is 0 Å². The van der Waals surface area contributed by atoms with Gasteiger partial charge in [-0.2, -0.15) is 5.10 Å². The summed E-state index contributed by atoms with van der Waals surface area (Å²) >= 11 is 0. The SMILES string of the molecule is Cc1nc(Cc2c(C)[nH][nH]c2=O)n(-c2ccc(F)c(F)c2)n1. The van der Waals surface area contributed by atoms with E-state index in [1.54, 1.807) is 13.8 Å². The Balaban J connectivity index is 2.06. The van der Waals surface area contributed by atoms with Crippen LogP contribution in [0.25, 0.3) is 5.69 Å². The highest BCUT2D eigenvalue weighted by Gasteiger charge is 2.15. The Morgan fingerprint density at radius 2 is 1.95 bits per heavy atom. The standard InChI is InChI=1S/C14H13F2N5O/c1-7-10(14(22)19-18-7)6-13-17-8(2)20-21(13)9-3-4-11(15)12(16)5-9/h3-5H,6H2,1-2H3,(H2,18,19,22). The fourth-order valence-electron chi connectivity index (χ4n) is 2.24. The minimum Gasteiger partial charge on any atom is -0.302 e. The van der Waals surface area contributed by atoms with E-state index < -0.39 is 11.6 Å². The van der Waals surface area contributed by atoms with Gasteiger partial charge in [0, 0.05) is 23.7 Å². The molecule has 3 aromatic rings. The van der Waals surface area contributed by atoms with Gasteiger partial charge in [0.25, 0.3) is 5.56 Å². The first-order valence-electron chi connectivity index (χ1n) is 6.60. The van der Waals surface area contributed by atoms with Crippen LogP contribution in [0, 0.1) is 25.5 Å². The van der Waals surface area contributed by atoms with E-state index in [0.717, 1.165) is 12.1 Å². The number of hydrogen-bond acceptors (Lipinski definition) is 3. The summed E-state index contributed by atoms with van der Waals surface area (Å²) in [5.41, 5.74) is 1.33. The van der Waals surface area contributed by atoms with Gasteiger partial charge in [0.1, 0.15) is 11.6 Å². The van der Waals surface area contributed by atoms with E-state index in [4.69, 9.17) is 0 Å². The Morgan fingerprint density at radius 1 is 1.18 bits per heavy atom. The normalized spacial score (nSPS) is 11.1. The predicted octanol–water partition coefficient (Wildman–Crippen LogP) is 1.77. The van der Waals surface area contributed by atoms with Gasteiger partial charge < -0.3 is 5.10 Å². The van der Waals surface area contributed by atoms with Crippen LogP contribution >= 0.6 is 0 Å². The Bertz CT molecular complexity index is 893. The van der Waals surface area contributed by atoms with Crippen molar-refractivity contribution in [1.82, 2.24) is 25.0 Å². The Hall–Kier alpha value is -2.77. The molecule has 114 valence electrons. The van der Waals surface area contributed by atoms with Crippen molar-refractivity contribution in [3.8, 4) is 5.69 Å². The van der Waals surface area contributed by atoms with E-state index in [-0.39, 0.29) is 12.0 Å². The minimum absolute atomic E-state index is 0.227.